The molecule has 90 valence electrons. The average Bonchev–Trinajstić information content (AvgIpc) is 2.30. The van der Waals surface area contributed by atoms with Crippen molar-refractivity contribution in [3.05, 3.63) is 28.8 Å². The van der Waals surface area contributed by atoms with Crippen molar-refractivity contribution in [1.82, 2.24) is 0 Å². The predicted octanol–water partition coefficient (Wildman–Crippen LogP) is 2.73. The van der Waals surface area contributed by atoms with Gasteiger partial charge in [0, 0.05) is 6.54 Å². The number of rotatable bonds is 5. The number of anilines is 1. The van der Waals surface area contributed by atoms with Gasteiger partial charge < -0.3 is 10.4 Å². The molecule has 1 unspecified atom stereocenters. The van der Waals surface area contributed by atoms with E-state index >= 15 is 0 Å². The third-order valence-corrected chi connectivity index (χ3v) is 2.73. The van der Waals surface area contributed by atoms with Gasteiger partial charge in [0.2, 0.25) is 0 Å². The Bertz CT molecular complexity index is 454. The van der Waals surface area contributed by atoms with Crippen LogP contribution in [0.3, 0.4) is 0 Å². The Kier molecular flexibility index (Phi) is 4.80. The Morgan fingerprint density at radius 3 is 2.88 bits per heavy atom. The fraction of sp³-hybridized carbons (Fsp3) is 0.333. The van der Waals surface area contributed by atoms with Crippen LogP contribution in [-0.2, 0) is 4.79 Å². The summed E-state index contributed by atoms with van der Waals surface area (Å²) < 4.78 is 0. The summed E-state index contributed by atoms with van der Waals surface area (Å²) in [5, 5.41) is 20.9. The fourth-order valence-corrected chi connectivity index (χ4v) is 1.52. The van der Waals surface area contributed by atoms with Gasteiger partial charge in [-0.2, -0.15) is 5.26 Å². The number of hydrogen-bond acceptors (Lipinski definition) is 3. The largest absolute Gasteiger partial charge is 0.481 e. The highest BCUT2D eigenvalue weighted by Crippen LogP contribution is 2.22. The predicted molar refractivity (Wildman–Crippen MR) is 66.1 cm³/mol. The Morgan fingerprint density at radius 1 is 1.65 bits per heavy atom. The van der Waals surface area contributed by atoms with Crippen LogP contribution in [0.1, 0.15) is 18.9 Å². The molecule has 1 atom stereocenters. The summed E-state index contributed by atoms with van der Waals surface area (Å²) in [7, 11) is 0. The van der Waals surface area contributed by atoms with Crippen LogP contribution >= 0.6 is 11.6 Å². The highest BCUT2D eigenvalue weighted by Gasteiger charge is 2.10. The molecule has 1 rings (SSSR count). The number of carboxylic acids is 1. The molecule has 0 saturated carbocycles. The number of carboxylic acid groups (broad SMARTS) is 1. The molecule has 0 spiro atoms. The first kappa shape index (κ1) is 13.3. The standard InChI is InChI=1S/C12H13ClN2O2/c1-8(12(16)17)4-5-15-11-3-2-9(7-14)6-10(11)13/h2-3,6,8,15H,4-5H2,1H3,(H,16,17). The van der Waals surface area contributed by atoms with Gasteiger partial charge in [-0.1, -0.05) is 18.5 Å². The lowest BCUT2D eigenvalue weighted by Crippen LogP contribution is -2.14. The lowest BCUT2D eigenvalue weighted by Gasteiger charge is -2.10. The first-order valence-corrected chi connectivity index (χ1v) is 5.58. The van der Waals surface area contributed by atoms with Gasteiger partial charge in [-0.15, -0.1) is 0 Å². The summed E-state index contributed by atoms with van der Waals surface area (Å²) in [5.41, 5.74) is 1.21. The van der Waals surface area contributed by atoms with Gasteiger partial charge in [0.05, 0.1) is 28.3 Å². The van der Waals surface area contributed by atoms with Gasteiger partial charge in [-0.25, -0.2) is 0 Å². The van der Waals surface area contributed by atoms with Crippen LogP contribution in [0.15, 0.2) is 18.2 Å². The summed E-state index contributed by atoms with van der Waals surface area (Å²) in [5.74, 6) is -1.20. The highest BCUT2D eigenvalue weighted by atomic mass is 35.5. The maximum Gasteiger partial charge on any atom is 0.306 e. The van der Waals surface area contributed by atoms with E-state index in [4.69, 9.17) is 22.0 Å². The van der Waals surface area contributed by atoms with Crippen molar-refractivity contribution < 1.29 is 9.90 Å². The first-order chi connectivity index (χ1) is 8.04. The number of nitrogens with one attached hydrogen (secondary N) is 1. The van der Waals surface area contributed by atoms with E-state index < -0.39 is 5.97 Å². The maximum absolute atomic E-state index is 10.6. The van der Waals surface area contributed by atoms with Crippen LogP contribution in [0.5, 0.6) is 0 Å². The van der Waals surface area contributed by atoms with E-state index in [1.54, 1.807) is 25.1 Å². The minimum Gasteiger partial charge on any atom is -0.481 e. The van der Waals surface area contributed by atoms with Crippen molar-refractivity contribution >= 4 is 23.3 Å². The van der Waals surface area contributed by atoms with Crippen LogP contribution < -0.4 is 5.32 Å². The average molecular weight is 253 g/mol. The molecule has 0 aliphatic rings. The van der Waals surface area contributed by atoms with Crippen LogP contribution in [0.25, 0.3) is 0 Å². The first-order valence-electron chi connectivity index (χ1n) is 5.21. The molecule has 1 aromatic carbocycles. The van der Waals surface area contributed by atoms with Crippen molar-refractivity contribution in [1.29, 1.82) is 5.26 Å². The quantitative estimate of drug-likeness (QED) is 0.845. The zero-order chi connectivity index (χ0) is 12.8. The van der Waals surface area contributed by atoms with Crippen LogP contribution in [0.2, 0.25) is 5.02 Å². The topological polar surface area (TPSA) is 73.1 Å². The lowest BCUT2D eigenvalue weighted by molar-refractivity contribution is -0.141. The van der Waals surface area contributed by atoms with Crippen LogP contribution in [0.4, 0.5) is 5.69 Å². The van der Waals surface area contributed by atoms with Gasteiger partial charge in [0.15, 0.2) is 0 Å². The number of carbonyl (C=O) groups is 1. The van der Waals surface area contributed by atoms with E-state index in [0.29, 0.717) is 29.2 Å². The van der Waals surface area contributed by atoms with Gasteiger partial charge in [-0.3, -0.25) is 4.79 Å². The monoisotopic (exact) mass is 252 g/mol. The molecule has 5 heteroatoms. The van der Waals surface area contributed by atoms with E-state index in [0.717, 1.165) is 0 Å². The molecule has 4 nitrogen and oxygen atoms in total. The van der Waals surface area contributed by atoms with E-state index in [1.807, 2.05) is 6.07 Å². The van der Waals surface area contributed by atoms with Crippen molar-refractivity contribution in [2.24, 2.45) is 5.92 Å². The second kappa shape index (κ2) is 6.12. The molecule has 17 heavy (non-hydrogen) atoms. The molecule has 0 saturated heterocycles. The Morgan fingerprint density at radius 2 is 2.35 bits per heavy atom. The smallest absolute Gasteiger partial charge is 0.306 e. The van der Waals surface area contributed by atoms with Crippen molar-refractivity contribution in [3.8, 4) is 6.07 Å². The number of nitrogens with zero attached hydrogens (tertiary/aromatic N) is 1. The Balaban J connectivity index is 2.53. The number of benzene rings is 1. The molecule has 0 amide bonds. The van der Waals surface area contributed by atoms with Crippen molar-refractivity contribution in [2.45, 2.75) is 13.3 Å². The van der Waals surface area contributed by atoms with E-state index in [2.05, 4.69) is 5.32 Å². The SMILES string of the molecule is CC(CCNc1ccc(C#N)cc1Cl)C(=O)O. The number of hydrogen-bond donors (Lipinski definition) is 2. The third-order valence-electron chi connectivity index (χ3n) is 2.41. The van der Waals surface area contributed by atoms with Gasteiger partial charge >= 0.3 is 5.97 Å². The minimum absolute atomic E-state index is 0.389. The summed E-state index contributed by atoms with van der Waals surface area (Å²) in [6, 6.07) is 6.94. The normalized spacial score (nSPS) is 11.6. The summed E-state index contributed by atoms with van der Waals surface area (Å²) in [6.07, 6.45) is 0.520. The lowest BCUT2D eigenvalue weighted by atomic mass is 10.1. The molecule has 0 aliphatic carbocycles. The minimum atomic E-state index is -0.808. The number of nitriles is 1. The maximum atomic E-state index is 10.6. The second-order valence-electron chi connectivity index (χ2n) is 3.76. The Hall–Kier alpha value is -1.73. The molecule has 0 heterocycles. The molecule has 0 aliphatic heterocycles. The fourth-order valence-electron chi connectivity index (χ4n) is 1.27. The van der Waals surface area contributed by atoms with Gasteiger partial charge in [0.25, 0.3) is 0 Å². The van der Waals surface area contributed by atoms with E-state index in [-0.39, 0.29) is 5.92 Å². The molecule has 0 radical (unpaired) electrons. The summed E-state index contributed by atoms with van der Waals surface area (Å²) in [6.45, 7) is 2.18. The molecule has 0 aromatic heterocycles. The number of halogens is 1. The third kappa shape index (κ3) is 3.97. The summed E-state index contributed by atoms with van der Waals surface area (Å²) in [4.78, 5) is 10.6. The molecule has 0 fully saturated rings. The molecular weight excluding hydrogens is 240 g/mol. The summed E-state index contributed by atoms with van der Waals surface area (Å²) >= 11 is 5.96. The molecular formula is C12H13ClN2O2. The molecule has 1 aromatic rings. The van der Waals surface area contributed by atoms with E-state index in [1.165, 1.54) is 0 Å². The molecule has 0 bridgehead atoms. The van der Waals surface area contributed by atoms with Crippen molar-refractivity contribution in [2.75, 3.05) is 11.9 Å². The zero-order valence-corrected chi connectivity index (χ0v) is 10.2. The van der Waals surface area contributed by atoms with Crippen molar-refractivity contribution in [3.63, 3.8) is 0 Å². The number of aliphatic carboxylic acids is 1. The molecule has 2 N–H and O–H groups in total. The highest BCUT2D eigenvalue weighted by molar-refractivity contribution is 6.33. The Labute approximate surface area is 105 Å². The van der Waals surface area contributed by atoms with Crippen LogP contribution in [0, 0.1) is 17.2 Å². The zero-order valence-electron chi connectivity index (χ0n) is 9.40. The van der Waals surface area contributed by atoms with E-state index in [9.17, 15) is 4.79 Å². The van der Waals surface area contributed by atoms with Gasteiger partial charge in [-0.05, 0) is 24.6 Å². The van der Waals surface area contributed by atoms with Crippen LogP contribution in [-0.4, -0.2) is 17.6 Å². The van der Waals surface area contributed by atoms with Gasteiger partial charge in [0.1, 0.15) is 0 Å². The second-order valence-corrected chi connectivity index (χ2v) is 4.17.